The van der Waals surface area contributed by atoms with Crippen LogP contribution < -0.4 is 5.32 Å². The second kappa shape index (κ2) is 49.5. The minimum Gasteiger partial charge on any atom is -0.394 e. The highest BCUT2D eigenvalue weighted by atomic mass is 16.8. The van der Waals surface area contributed by atoms with Crippen molar-refractivity contribution in [3.63, 3.8) is 0 Å². The van der Waals surface area contributed by atoms with Gasteiger partial charge in [-0.3, -0.25) is 4.79 Å². The summed E-state index contributed by atoms with van der Waals surface area (Å²) in [6.07, 6.45) is -12.7. The predicted molar refractivity (Wildman–Crippen MR) is 370 cm³/mol. The number of nitrogens with one attached hydrogen (secondary N) is 1. The van der Waals surface area contributed by atoms with Crippen molar-refractivity contribution >= 4 is 5.91 Å². The van der Waals surface area contributed by atoms with Crippen molar-refractivity contribution in [3.05, 3.63) is 0 Å². The molecule has 5 aliphatic rings. The summed E-state index contributed by atoms with van der Waals surface area (Å²) in [5, 5.41) is 190. The van der Waals surface area contributed by atoms with Crippen molar-refractivity contribution in [1.82, 2.24) is 5.32 Å². The molecule has 602 valence electrons. The number of hydrogen-bond acceptors (Lipinski definition) is 28. The summed E-state index contributed by atoms with van der Waals surface area (Å²) in [4.78, 5) is 13.7. The molecule has 0 aromatic rings. The van der Waals surface area contributed by atoms with Crippen LogP contribution in [0.1, 0.15) is 247 Å². The van der Waals surface area contributed by atoms with Gasteiger partial charge in [0, 0.05) is 0 Å². The fraction of sp³-hybridized carbons (Fsp3) is 0.986. The molecule has 5 heterocycles. The Bertz CT molecular complexity index is 2150. The minimum atomic E-state index is -2.20. The van der Waals surface area contributed by atoms with E-state index in [1.54, 1.807) is 0 Å². The highest BCUT2D eigenvalue weighted by Gasteiger charge is 2.56. The predicted octanol–water partition coefficient (Wildman–Crippen LogP) is 2.27. The molecule has 29 heteroatoms. The van der Waals surface area contributed by atoms with Gasteiger partial charge in [-0.15, -0.1) is 0 Å². The van der Waals surface area contributed by atoms with E-state index < -0.39 is 210 Å². The Morgan fingerprint density at radius 2 is 0.716 bits per heavy atom. The zero-order chi connectivity index (χ0) is 74.8. The van der Waals surface area contributed by atoms with E-state index in [9.17, 15) is 91.6 Å². The Kier molecular flexibility index (Phi) is 44.2. The maximum Gasteiger partial charge on any atom is 0.249 e. The van der Waals surface area contributed by atoms with Crippen LogP contribution in [0.25, 0.3) is 0 Å². The van der Waals surface area contributed by atoms with Crippen molar-refractivity contribution < 1.29 is 139 Å². The van der Waals surface area contributed by atoms with Crippen molar-refractivity contribution in [1.29, 1.82) is 0 Å². The first kappa shape index (κ1) is 91.0. The Morgan fingerprint density at radius 1 is 0.373 bits per heavy atom. The van der Waals surface area contributed by atoms with E-state index in [1.165, 1.54) is 142 Å². The van der Waals surface area contributed by atoms with Crippen LogP contribution in [0.5, 0.6) is 0 Å². The number of hydrogen-bond donors (Lipinski definition) is 18. The van der Waals surface area contributed by atoms with Crippen LogP contribution >= 0.6 is 0 Å². The molecular formula is C73H137NO28. The van der Waals surface area contributed by atoms with Crippen molar-refractivity contribution in [2.45, 2.75) is 424 Å². The number of rotatable bonds is 54. The quantitative estimate of drug-likeness (QED) is 0.0388. The van der Waals surface area contributed by atoms with Gasteiger partial charge >= 0.3 is 0 Å². The molecule has 0 radical (unpaired) electrons. The molecule has 5 saturated heterocycles. The Labute approximate surface area is 604 Å². The van der Waals surface area contributed by atoms with Crippen LogP contribution in [0.15, 0.2) is 0 Å². The van der Waals surface area contributed by atoms with E-state index in [2.05, 4.69) is 26.1 Å². The zero-order valence-corrected chi connectivity index (χ0v) is 61.6. The Balaban J connectivity index is 1.18. The maximum atomic E-state index is 13.7. The van der Waals surface area contributed by atoms with Crippen molar-refractivity contribution in [3.8, 4) is 0 Å². The molecule has 1 amide bonds. The van der Waals surface area contributed by atoms with E-state index in [0.717, 1.165) is 57.8 Å². The molecule has 0 unspecified atom stereocenters. The first-order valence-electron chi connectivity index (χ1n) is 39.1. The molecule has 0 saturated carbocycles. The molecular weight excluding hydrogens is 1340 g/mol. The third-order valence-electron chi connectivity index (χ3n) is 20.8. The molecule has 29 nitrogen and oxygen atoms in total. The molecule has 0 bridgehead atoms. The normalized spacial score (nSPS) is 34.8. The lowest BCUT2D eigenvalue weighted by molar-refractivity contribution is -0.383. The molecule has 18 N–H and O–H groups in total. The van der Waals surface area contributed by atoms with Crippen LogP contribution in [0.2, 0.25) is 0 Å². The smallest absolute Gasteiger partial charge is 0.249 e. The van der Waals surface area contributed by atoms with Gasteiger partial charge in [0.05, 0.1) is 50.8 Å². The lowest BCUT2D eigenvalue weighted by Gasteiger charge is -2.48. The number of aliphatic hydroxyl groups excluding tert-OH is 17. The molecule has 5 rings (SSSR count). The summed E-state index contributed by atoms with van der Waals surface area (Å²) in [6, 6.07) is -1.40. The van der Waals surface area contributed by atoms with Gasteiger partial charge in [0.15, 0.2) is 31.5 Å². The van der Waals surface area contributed by atoms with Crippen LogP contribution in [0.4, 0.5) is 0 Å². The van der Waals surface area contributed by atoms with Gasteiger partial charge in [-0.1, -0.05) is 220 Å². The molecule has 0 aromatic carbocycles. The summed E-state index contributed by atoms with van der Waals surface area (Å²) in [5.41, 5.74) is 0. The van der Waals surface area contributed by atoms with Crippen LogP contribution in [0.3, 0.4) is 0 Å². The van der Waals surface area contributed by atoms with Crippen LogP contribution in [-0.4, -0.2) is 297 Å². The first-order chi connectivity index (χ1) is 48.8. The molecule has 0 aromatic heterocycles. The molecule has 0 aliphatic carbocycles. The first-order valence-corrected chi connectivity index (χ1v) is 39.1. The lowest BCUT2D eigenvalue weighted by atomic mass is 9.96. The highest BCUT2D eigenvalue weighted by Crippen LogP contribution is 2.36. The molecule has 5 fully saturated rings. The summed E-state index contributed by atoms with van der Waals surface area (Å²) in [5.74, 6) is -0.124. The number of unbranched alkanes of at least 4 members (excludes halogenated alkanes) is 28. The van der Waals surface area contributed by atoms with Crippen LogP contribution in [0, 0.1) is 5.92 Å². The van der Waals surface area contributed by atoms with E-state index >= 15 is 0 Å². The third-order valence-corrected chi connectivity index (χ3v) is 20.8. The number of amides is 1. The average molecular weight is 1480 g/mol. The lowest BCUT2D eigenvalue weighted by Crippen LogP contribution is -2.67. The van der Waals surface area contributed by atoms with E-state index in [4.69, 9.17) is 47.4 Å². The fourth-order valence-electron chi connectivity index (χ4n) is 14.1. The largest absolute Gasteiger partial charge is 0.394 e. The maximum absolute atomic E-state index is 13.7. The van der Waals surface area contributed by atoms with Gasteiger partial charge in [0.1, 0.15) is 122 Å². The second-order valence-corrected chi connectivity index (χ2v) is 30.0. The van der Waals surface area contributed by atoms with Gasteiger partial charge in [-0.25, -0.2) is 0 Å². The Morgan fingerprint density at radius 3 is 1.13 bits per heavy atom. The van der Waals surface area contributed by atoms with Gasteiger partial charge in [0.2, 0.25) is 5.91 Å². The number of aliphatic hydroxyl groups is 17. The Hall–Kier alpha value is -1.61. The monoisotopic (exact) mass is 1480 g/mol. The average Bonchev–Trinajstić information content (AvgIpc) is 0.970. The van der Waals surface area contributed by atoms with Gasteiger partial charge in [-0.05, 0) is 32.6 Å². The van der Waals surface area contributed by atoms with E-state index in [-0.39, 0.29) is 12.8 Å². The minimum absolute atomic E-state index is 0.129. The third kappa shape index (κ3) is 30.0. The number of carbonyl (C=O) groups is 1. The van der Waals surface area contributed by atoms with E-state index in [1.807, 2.05) is 0 Å². The SMILES string of the molecule is CCCCCCCCCCCCCCCCCCCCCC[C@@H](O)C(=O)N[C@@H](CO[C@@H]1O[C@H](CO)[C@@H](O[C@@H]2O[C@H](CO[C@@H]3O[C@H]([C@H](C)O)[C@@H](O)[C@@H]3O)[C@H](O[C@H]3O[C@H](CO[C@@H]4O[C@H]([C@H](C)O)[C@@H](O)[C@@H]4O)[C@H](O)[C@H](O)[C@H]3O)[C@H](O)[C@H]2O)[C@H](O)[C@H]1O)[C@H](O)[C@H](O)CCCCCCCCCCCCC(C)C. The van der Waals surface area contributed by atoms with Gasteiger partial charge in [0.25, 0.3) is 0 Å². The molecule has 5 aliphatic heterocycles. The van der Waals surface area contributed by atoms with Crippen molar-refractivity contribution in [2.24, 2.45) is 5.92 Å². The summed E-state index contributed by atoms with van der Waals surface area (Å²) in [6.45, 7) is 6.19. The number of carbonyl (C=O) groups excluding carboxylic acids is 1. The summed E-state index contributed by atoms with van der Waals surface area (Å²) in [7, 11) is 0. The zero-order valence-electron chi connectivity index (χ0n) is 61.6. The standard InChI is InChI=1S/C73H137NO28/c1-6-7-8-9-10-11-12-13-14-15-16-17-18-19-20-21-26-29-32-35-38-48(79)68(92)74-46(52(80)47(78)37-34-31-28-25-23-22-24-27-30-33-36-43(2)3)40-93-69-62(90)57(85)66(49(39-75)96-69)101-73-63(91)58(86)67(51(98-73)42-95-71-61(89)56(84)65(100-71)45(5)77)102-72-59(87)54(82)53(81)50(97-72)41-94-70-60(88)55(83)64(99-70)44(4)76/h43-67,69-73,75-91H,6-42H2,1-5H3,(H,74,92)/t44-,45-,46-,47+,48+,49+,50+,51+,52-,53-,54-,55-,56-,57+,58+,59+,60-,61-,62+,63+,64+,65+,66+,67-,69+,70+,71+,72+,73-/m0/s1. The topological polar surface area (TPSA) is 465 Å². The highest BCUT2D eigenvalue weighted by molar-refractivity contribution is 5.80. The second-order valence-electron chi connectivity index (χ2n) is 30.0. The fourth-order valence-corrected chi connectivity index (χ4v) is 14.1. The summed E-state index contributed by atoms with van der Waals surface area (Å²) >= 11 is 0. The molecule has 0 spiro atoms. The van der Waals surface area contributed by atoms with Crippen molar-refractivity contribution in [2.75, 3.05) is 26.4 Å². The molecule has 29 atom stereocenters. The van der Waals surface area contributed by atoms with Gasteiger partial charge in [-0.2, -0.15) is 0 Å². The van der Waals surface area contributed by atoms with Crippen LogP contribution in [-0.2, 0) is 52.2 Å². The number of ether oxygens (including phenoxy) is 10. The van der Waals surface area contributed by atoms with E-state index in [0.29, 0.717) is 18.8 Å². The molecule has 102 heavy (non-hydrogen) atoms. The summed E-state index contributed by atoms with van der Waals surface area (Å²) < 4.78 is 58.0. The van der Waals surface area contributed by atoms with Gasteiger partial charge < -0.3 is 139 Å².